The van der Waals surface area contributed by atoms with Gasteiger partial charge in [0.2, 0.25) is 5.91 Å². The molecule has 1 fully saturated rings. The smallest absolute Gasteiger partial charge is 0.334 e. The van der Waals surface area contributed by atoms with E-state index in [9.17, 15) is 9.59 Å². The number of nitrogens with two attached hydrogens (primary N) is 1. The van der Waals surface area contributed by atoms with E-state index in [-0.39, 0.29) is 18.5 Å². The van der Waals surface area contributed by atoms with Crippen LogP contribution in [-0.2, 0) is 4.79 Å². The molecule has 0 aromatic carbocycles. The highest BCUT2D eigenvalue weighted by Crippen LogP contribution is 2.04. The predicted octanol–water partition coefficient (Wildman–Crippen LogP) is 0.150. The summed E-state index contributed by atoms with van der Waals surface area (Å²) in [6.45, 7) is 6.13. The number of carbonyl (C=O) groups excluding carboxylic acids is 2. The maximum atomic E-state index is 11.6. The van der Waals surface area contributed by atoms with E-state index < -0.39 is 0 Å². The molecule has 1 heterocycles. The lowest BCUT2D eigenvalue weighted by Gasteiger charge is -2.32. The van der Waals surface area contributed by atoms with Crippen LogP contribution in [0.1, 0.15) is 26.7 Å². The molecule has 3 N–H and O–H groups in total. The summed E-state index contributed by atoms with van der Waals surface area (Å²) in [4.78, 5) is 24.7. The van der Waals surface area contributed by atoms with Crippen LogP contribution in [0.3, 0.4) is 0 Å². The molecule has 0 saturated carbocycles. The Balaban J connectivity index is 2.28. The Kier molecular flexibility index (Phi) is 5.21. The predicted molar refractivity (Wildman–Crippen MR) is 64.9 cm³/mol. The van der Waals surface area contributed by atoms with Gasteiger partial charge in [-0.1, -0.05) is 13.8 Å². The van der Waals surface area contributed by atoms with E-state index in [1.54, 1.807) is 0 Å². The molecule has 0 spiro atoms. The zero-order valence-corrected chi connectivity index (χ0v) is 10.6. The van der Waals surface area contributed by atoms with Gasteiger partial charge < -0.3 is 10.2 Å². The zero-order chi connectivity index (χ0) is 12.8. The van der Waals surface area contributed by atoms with E-state index in [1.165, 1.54) is 4.90 Å². The number of nitrogens with zero attached hydrogens (tertiary/aromatic N) is 2. The topological polar surface area (TPSA) is 78.7 Å². The SMILES string of the molecule is CC(C)CCNC(=O)CN1CCCN(N)C1=O. The third-order valence-corrected chi connectivity index (χ3v) is 2.72. The Labute approximate surface area is 102 Å². The van der Waals surface area contributed by atoms with Gasteiger partial charge >= 0.3 is 6.03 Å². The van der Waals surface area contributed by atoms with Crippen LogP contribution in [0.25, 0.3) is 0 Å². The van der Waals surface area contributed by atoms with Gasteiger partial charge in [-0.05, 0) is 18.8 Å². The lowest BCUT2D eigenvalue weighted by Crippen LogP contribution is -2.54. The molecule has 6 heteroatoms. The van der Waals surface area contributed by atoms with Crippen molar-refractivity contribution < 1.29 is 9.59 Å². The average Bonchev–Trinajstić information content (AvgIpc) is 2.24. The lowest BCUT2D eigenvalue weighted by atomic mass is 10.1. The normalized spacial score (nSPS) is 16.6. The van der Waals surface area contributed by atoms with E-state index in [4.69, 9.17) is 5.84 Å². The summed E-state index contributed by atoms with van der Waals surface area (Å²) in [5.74, 6) is 5.94. The van der Waals surface area contributed by atoms with Gasteiger partial charge in [-0.2, -0.15) is 0 Å². The van der Waals surface area contributed by atoms with Crippen LogP contribution in [0.15, 0.2) is 0 Å². The fourth-order valence-electron chi connectivity index (χ4n) is 1.68. The van der Waals surface area contributed by atoms with Gasteiger partial charge in [-0.25, -0.2) is 10.6 Å². The molecule has 98 valence electrons. The van der Waals surface area contributed by atoms with Gasteiger partial charge in [-0.15, -0.1) is 0 Å². The first kappa shape index (κ1) is 13.8. The van der Waals surface area contributed by atoms with Crippen LogP contribution in [0.4, 0.5) is 4.79 Å². The van der Waals surface area contributed by atoms with Crippen molar-refractivity contribution in [3.63, 3.8) is 0 Å². The Bertz CT molecular complexity index is 281. The second-order valence-corrected chi connectivity index (χ2v) is 4.78. The Morgan fingerprint density at radius 3 is 2.82 bits per heavy atom. The van der Waals surface area contributed by atoms with Gasteiger partial charge in [0.25, 0.3) is 0 Å². The lowest BCUT2D eigenvalue weighted by molar-refractivity contribution is -0.122. The summed E-state index contributed by atoms with van der Waals surface area (Å²) in [6, 6.07) is -0.268. The first-order chi connectivity index (χ1) is 8.00. The van der Waals surface area contributed by atoms with Gasteiger partial charge in [0, 0.05) is 19.6 Å². The van der Waals surface area contributed by atoms with Crippen LogP contribution < -0.4 is 11.2 Å². The van der Waals surface area contributed by atoms with Crippen LogP contribution in [-0.4, -0.2) is 48.0 Å². The molecule has 1 rings (SSSR count). The van der Waals surface area contributed by atoms with E-state index in [0.29, 0.717) is 25.6 Å². The number of hydrogen-bond donors (Lipinski definition) is 2. The maximum Gasteiger partial charge on any atom is 0.334 e. The average molecular weight is 242 g/mol. The minimum atomic E-state index is -0.268. The largest absolute Gasteiger partial charge is 0.355 e. The van der Waals surface area contributed by atoms with Crippen molar-refractivity contribution in [1.82, 2.24) is 15.2 Å². The molecule has 0 radical (unpaired) electrons. The molecular formula is C11H22N4O2. The number of nitrogens with one attached hydrogen (secondary N) is 1. The summed E-state index contributed by atoms with van der Waals surface area (Å²) in [6.07, 6.45) is 1.75. The summed E-state index contributed by atoms with van der Waals surface area (Å²) < 4.78 is 0. The maximum absolute atomic E-state index is 11.6. The molecule has 0 aromatic rings. The summed E-state index contributed by atoms with van der Waals surface area (Å²) in [7, 11) is 0. The molecule has 3 amide bonds. The fraction of sp³-hybridized carbons (Fsp3) is 0.818. The van der Waals surface area contributed by atoms with Crippen LogP contribution >= 0.6 is 0 Å². The minimum absolute atomic E-state index is 0.102. The number of hydrazine groups is 1. The molecule has 1 aliphatic heterocycles. The van der Waals surface area contributed by atoms with Crippen LogP contribution in [0, 0.1) is 5.92 Å². The van der Waals surface area contributed by atoms with E-state index in [1.807, 2.05) is 0 Å². The molecule has 17 heavy (non-hydrogen) atoms. The van der Waals surface area contributed by atoms with Crippen molar-refractivity contribution in [1.29, 1.82) is 0 Å². The van der Waals surface area contributed by atoms with Crippen molar-refractivity contribution in [2.75, 3.05) is 26.2 Å². The zero-order valence-electron chi connectivity index (χ0n) is 10.6. The highest BCUT2D eigenvalue weighted by molar-refractivity contribution is 5.84. The van der Waals surface area contributed by atoms with Crippen molar-refractivity contribution in [2.45, 2.75) is 26.7 Å². The standard InChI is InChI=1S/C11H22N4O2/c1-9(2)4-5-13-10(16)8-14-6-3-7-15(12)11(14)17/h9H,3-8,12H2,1-2H3,(H,13,16). The van der Waals surface area contributed by atoms with Crippen molar-refractivity contribution >= 4 is 11.9 Å². The summed E-state index contributed by atoms with van der Waals surface area (Å²) >= 11 is 0. The van der Waals surface area contributed by atoms with E-state index in [0.717, 1.165) is 17.9 Å². The molecule has 1 saturated heterocycles. The second kappa shape index (κ2) is 6.44. The van der Waals surface area contributed by atoms with E-state index in [2.05, 4.69) is 19.2 Å². The van der Waals surface area contributed by atoms with Crippen molar-refractivity contribution in [3.05, 3.63) is 0 Å². The first-order valence-corrected chi connectivity index (χ1v) is 6.08. The van der Waals surface area contributed by atoms with Crippen LogP contribution in [0.2, 0.25) is 0 Å². The molecule has 0 unspecified atom stereocenters. The van der Waals surface area contributed by atoms with Gasteiger partial charge in [0.15, 0.2) is 0 Å². The molecule has 0 bridgehead atoms. The molecule has 1 aliphatic rings. The summed E-state index contributed by atoms with van der Waals surface area (Å²) in [5, 5.41) is 3.96. The molecular weight excluding hydrogens is 220 g/mol. The number of rotatable bonds is 5. The number of carbonyl (C=O) groups is 2. The third-order valence-electron chi connectivity index (χ3n) is 2.72. The Morgan fingerprint density at radius 1 is 1.47 bits per heavy atom. The third kappa shape index (κ3) is 4.60. The number of amides is 3. The van der Waals surface area contributed by atoms with Gasteiger partial charge in [0.1, 0.15) is 6.54 Å². The van der Waals surface area contributed by atoms with Crippen molar-refractivity contribution in [3.8, 4) is 0 Å². The number of hydrogen-bond acceptors (Lipinski definition) is 3. The molecule has 0 atom stereocenters. The second-order valence-electron chi connectivity index (χ2n) is 4.78. The fourth-order valence-corrected chi connectivity index (χ4v) is 1.68. The van der Waals surface area contributed by atoms with Gasteiger partial charge in [0.05, 0.1) is 0 Å². The highest BCUT2D eigenvalue weighted by atomic mass is 16.2. The summed E-state index contributed by atoms with van der Waals surface area (Å²) in [5.41, 5.74) is 0. The Hall–Kier alpha value is -1.30. The minimum Gasteiger partial charge on any atom is -0.355 e. The Morgan fingerprint density at radius 2 is 2.18 bits per heavy atom. The molecule has 6 nitrogen and oxygen atoms in total. The molecule has 0 aromatic heterocycles. The number of urea groups is 1. The van der Waals surface area contributed by atoms with Crippen molar-refractivity contribution in [2.24, 2.45) is 11.8 Å². The van der Waals surface area contributed by atoms with Gasteiger partial charge in [-0.3, -0.25) is 9.80 Å². The monoisotopic (exact) mass is 242 g/mol. The molecule has 0 aliphatic carbocycles. The quantitative estimate of drug-likeness (QED) is 0.532. The van der Waals surface area contributed by atoms with E-state index >= 15 is 0 Å². The highest BCUT2D eigenvalue weighted by Gasteiger charge is 2.24. The first-order valence-electron chi connectivity index (χ1n) is 6.08. The van der Waals surface area contributed by atoms with Crippen LogP contribution in [0.5, 0.6) is 0 Å².